The number of hydrogen-bond donors (Lipinski definition) is 0. The van der Waals surface area contributed by atoms with Crippen molar-refractivity contribution in [1.29, 1.82) is 0 Å². The van der Waals surface area contributed by atoms with Crippen molar-refractivity contribution in [3.63, 3.8) is 0 Å². The van der Waals surface area contributed by atoms with Gasteiger partial charge in [-0.05, 0) is 27.8 Å². The Morgan fingerprint density at radius 2 is 0.625 bits per heavy atom. The standard InChI is InChI=1S/C52H34N4/c1-5-17-35(18-6-1)41-25-13-14-26-43(41)44-28-16-29-45-47(44)46-30-15-27-42(49(46)53-48(45)37-19-7-2-8-20-37)36-31-33-40(34-32-36)52-55-50(38-21-9-3-10-22-38)54-51(56-52)39-23-11-4-12-24-39/h1-34H. The van der Waals surface area contributed by atoms with E-state index in [2.05, 4.69) is 146 Å². The van der Waals surface area contributed by atoms with Crippen LogP contribution in [0.4, 0.5) is 0 Å². The highest BCUT2D eigenvalue weighted by molar-refractivity contribution is 6.20. The number of hydrogen-bond acceptors (Lipinski definition) is 4. The highest BCUT2D eigenvalue weighted by atomic mass is 15.0. The van der Waals surface area contributed by atoms with E-state index in [0.29, 0.717) is 17.5 Å². The SMILES string of the molecule is c1ccc(-c2nc(-c3ccccc3)nc(-c3ccc(-c4cccc5c4nc(-c4ccccc4)c4cccc(-c6ccccc6-c6ccccc6)c45)cc3)n2)cc1. The van der Waals surface area contributed by atoms with Crippen molar-refractivity contribution in [3.8, 4) is 78.8 Å². The molecule has 4 heteroatoms. The quantitative estimate of drug-likeness (QED) is 0.154. The third kappa shape index (κ3) is 6.09. The Morgan fingerprint density at radius 1 is 0.232 bits per heavy atom. The van der Waals surface area contributed by atoms with Crippen LogP contribution in [0.5, 0.6) is 0 Å². The fourth-order valence-electron chi connectivity index (χ4n) is 7.67. The molecule has 4 nitrogen and oxygen atoms in total. The molecule has 0 aliphatic rings. The van der Waals surface area contributed by atoms with E-state index in [0.717, 1.165) is 55.4 Å². The minimum Gasteiger partial charge on any atom is -0.246 e. The minimum atomic E-state index is 0.624. The highest BCUT2D eigenvalue weighted by Gasteiger charge is 2.19. The molecule has 0 aliphatic carbocycles. The Bertz CT molecular complexity index is 2930. The summed E-state index contributed by atoms with van der Waals surface area (Å²) in [5, 5.41) is 3.41. The van der Waals surface area contributed by atoms with Crippen molar-refractivity contribution in [1.82, 2.24) is 19.9 Å². The lowest BCUT2D eigenvalue weighted by Crippen LogP contribution is -2.00. The Labute approximate surface area is 325 Å². The van der Waals surface area contributed by atoms with Crippen LogP contribution in [0.1, 0.15) is 0 Å². The maximum Gasteiger partial charge on any atom is 0.164 e. The van der Waals surface area contributed by atoms with Crippen LogP contribution >= 0.6 is 0 Å². The highest BCUT2D eigenvalue weighted by Crippen LogP contribution is 2.43. The molecule has 0 unspecified atom stereocenters. The largest absolute Gasteiger partial charge is 0.246 e. The summed E-state index contributed by atoms with van der Waals surface area (Å²) in [7, 11) is 0. The van der Waals surface area contributed by atoms with Crippen LogP contribution in [0, 0.1) is 0 Å². The molecule has 2 heterocycles. The second-order valence-corrected chi connectivity index (χ2v) is 13.8. The van der Waals surface area contributed by atoms with Crippen molar-refractivity contribution in [2.45, 2.75) is 0 Å². The van der Waals surface area contributed by atoms with Crippen LogP contribution in [-0.4, -0.2) is 19.9 Å². The normalized spacial score (nSPS) is 11.2. The van der Waals surface area contributed by atoms with E-state index < -0.39 is 0 Å². The summed E-state index contributed by atoms with van der Waals surface area (Å²) in [5.74, 6) is 1.91. The van der Waals surface area contributed by atoms with Crippen molar-refractivity contribution in [2.24, 2.45) is 0 Å². The van der Waals surface area contributed by atoms with Crippen molar-refractivity contribution in [3.05, 3.63) is 206 Å². The second-order valence-electron chi connectivity index (χ2n) is 13.8. The van der Waals surface area contributed by atoms with Gasteiger partial charge in [-0.3, -0.25) is 0 Å². The summed E-state index contributed by atoms with van der Waals surface area (Å²) in [6, 6.07) is 71.7. The van der Waals surface area contributed by atoms with Gasteiger partial charge in [-0.1, -0.05) is 206 Å². The van der Waals surface area contributed by atoms with Gasteiger partial charge in [0.15, 0.2) is 17.5 Å². The van der Waals surface area contributed by atoms with Gasteiger partial charge in [0.2, 0.25) is 0 Å². The van der Waals surface area contributed by atoms with Gasteiger partial charge in [-0.15, -0.1) is 0 Å². The lowest BCUT2D eigenvalue weighted by atomic mass is 9.88. The van der Waals surface area contributed by atoms with Crippen LogP contribution < -0.4 is 0 Å². The van der Waals surface area contributed by atoms with Crippen molar-refractivity contribution >= 4 is 21.7 Å². The van der Waals surface area contributed by atoms with E-state index in [1.807, 2.05) is 60.7 Å². The topological polar surface area (TPSA) is 51.6 Å². The fourth-order valence-corrected chi connectivity index (χ4v) is 7.67. The van der Waals surface area contributed by atoms with E-state index in [1.165, 1.54) is 27.6 Å². The molecule has 0 fully saturated rings. The number of nitrogens with zero attached hydrogens (tertiary/aromatic N) is 4. The Balaban J connectivity index is 1.16. The summed E-state index contributed by atoms with van der Waals surface area (Å²) in [6.45, 7) is 0. The maximum absolute atomic E-state index is 5.50. The molecular formula is C52H34N4. The predicted molar refractivity (Wildman–Crippen MR) is 231 cm³/mol. The molecule has 0 amide bonds. The van der Waals surface area contributed by atoms with Gasteiger partial charge in [0.25, 0.3) is 0 Å². The molecule has 8 aromatic carbocycles. The van der Waals surface area contributed by atoms with Crippen LogP contribution in [0.25, 0.3) is 100 Å². The molecule has 0 N–H and O–H groups in total. The van der Waals surface area contributed by atoms with Gasteiger partial charge in [0.05, 0.1) is 11.2 Å². The maximum atomic E-state index is 5.50. The first-order valence-electron chi connectivity index (χ1n) is 18.8. The van der Waals surface area contributed by atoms with Crippen LogP contribution in [0.15, 0.2) is 206 Å². The summed E-state index contributed by atoms with van der Waals surface area (Å²) in [5.41, 5.74) is 12.7. The third-order valence-corrected chi connectivity index (χ3v) is 10.4. The smallest absolute Gasteiger partial charge is 0.164 e. The predicted octanol–water partition coefficient (Wildman–Crippen LogP) is 13.2. The van der Waals surface area contributed by atoms with Crippen LogP contribution in [0.3, 0.4) is 0 Å². The van der Waals surface area contributed by atoms with Gasteiger partial charge in [0, 0.05) is 44.0 Å². The zero-order valence-corrected chi connectivity index (χ0v) is 30.4. The van der Waals surface area contributed by atoms with Gasteiger partial charge < -0.3 is 0 Å². The zero-order chi connectivity index (χ0) is 37.3. The molecule has 0 saturated heterocycles. The molecule has 2 aromatic heterocycles. The summed E-state index contributed by atoms with van der Waals surface area (Å²) in [6.07, 6.45) is 0. The summed E-state index contributed by atoms with van der Waals surface area (Å²) >= 11 is 0. The number of para-hydroxylation sites is 1. The molecule has 0 radical (unpaired) electrons. The van der Waals surface area contributed by atoms with Gasteiger partial charge >= 0.3 is 0 Å². The second kappa shape index (κ2) is 14.3. The van der Waals surface area contributed by atoms with E-state index >= 15 is 0 Å². The van der Waals surface area contributed by atoms with Gasteiger partial charge in [-0.25, -0.2) is 19.9 Å². The number of aromatic nitrogens is 4. The van der Waals surface area contributed by atoms with Crippen LogP contribution in [-0.2, 0) is 0 Å². The van der Waals surface area contributed by atoms with E-state index in [9.17, 15) is 0 Å². The van der Waals surface area contributed by atoms with Crippen LogP contribution in [0.2, 0.25) is 0 Å². The fraction of sp³-hybridized carbons (Fsp3) is 0. The monoisotopic (exact) mass is 714 g/mol. The summed E-state index contributed by atoms with van der Waals surface area (Å²) in [4.78, 5) is 20.3. The number of benzene rings is 8. The molecule has 0 saturated carbocycles. The molecule has 10 rings (SSSR count). The number of pyridine rings is 1. The first kappa shape index (κ1) is 33.0. The molecular weight excluding hydrogens is 681 g/mol. The van der Waals surface area contributed by atoms with Crippen molar-refractivity contribution < 1.29 is 0 Å². The molecule has 0 bridgehead atoms. The molecule has 0 aliphatic heterocycles. The van der Waals surface area contributed by atoms with Gasteiger partial charge in [-0.2, -0.15) is 0 Å². The minimum absolute atomic E-state index is 0.624. The molecule has 56 heavy (non-hydrogen) atoms. The number of rotatable bonds is 7. The van der Waals surface area contributed by atoms with E-state index in [-0.39, 0.29) is 0 Å². The average Bonchev–Trinajstić information content (AvgIpc) is 3.29. The zero-order valence-electron chi connectivity index (χ0n) is 30.4. The first-order chi connectivity index (χ1) is 27.8. The van der Waals surface area contributed by atoms with E-state index in [1.54, 1.807) is 0 Å². The van der Waals surface area contributed by atoms with Crippen molar-refractivity contribution in [2.75, 3.05) is 0 Å². The molecule has 10 aromatic rings. The summed E-state index contributed by atoms with van der Waals surface area (Å²) < 4.78 is 0. The Kier molecular flexibility index (Phi) is 8.47. The lowest BCUT2D eigenvalue weighted by molar-refractivity contribution is 1.07. The lowest BCUT2D eigenvalue weighted by Gasteiger charge is -2.18. The third-order valence-electron chi connectivity index (χ3n) is 10.4. The number of fused-ring (bicyclic) bond motifs is 3. The Morgan fingerprint density at radius 3 is 1.20 bits per heavy atom. The molecule has 262 valence electrons. The first-order valence-corrected chi connectivity index (χ1v) is 18.8. The Hall–Kier alpha value is -7.56. The molecule has 0 spiro atoms. The average molecular weight is 715 g/mol. The van der Waals surface area contributed by atoms with Gasteiger partial charge in [0.1, 0.15) is 0 Å². The molecule has 0 atom stereocenters. The van der Waals surface area contributed by atoms with E-state index in [4.69, 9.17) is 19.9 Å².